The largest absolute Gasteiger partial charge is 0.416 e. The molecule has 0 spiro atoms. The zero-order chi connectivity index (χ0) is 24.4. The van der Waals surface area contributed by atoms with Crippen molar-refractivity contribution in [3.63, 3.8) is 0 Å². The maximum Gasteiger partial charge on any atom is 0.416 e. The van der Waals surface area contributed by atoms with Gasteiger partial charge in [0.25, 0.3) is 10.0 Å². The van der Waals surface area contributed by atoms with E-state index >= 15 is 0 Å². The fourth-order valence-corrected chi connectivity index (χ4v) is 4.63. The number of benzene rings is 3. The fourth-order valence-electron chi connectivity index (χ4n) is 3.05. The molecule has 3 aromatic carbocycles. The zero-order valence-corrected chi connectivity index (χ0v) is 19.2. The second-order valence-corrected chi connectivity index (χ2v) is 9.67. The van der Waals surface area contributed by atoms with Crippen LogP contribution in [0.1, 0.15) is 16.7 Å². The average Bonchev–Trinajstić information content (AvgIpc) is 2.73. The van der Waals surface area contributed by atoms with Gasteiger partial charge in [-0.25, -0.2) is 8.42 Å². The Morgan fingerprint density at radius 1 is 0.970 bits per heavy atom. The van der Waals surface area contributed by atoms with E-state index in [0.29, 0.717) is 6.07 Å². The van der Waals surface area contributed by atoms with Gasteiger partial charge >= 0.3 is 6.18 Å². The van der Waals surface area contributed by atoms with Gasteiger partial charge in [0.2, 0.25) is 5.91 Å². The lowest BCUT2D eigenvalue weighted by atomic mass is 10.2. The van der Waals surface area contributed by atoms with Crippen LogP contribution in [0.15, 0.2) is 71.6 Å². The van der Waals surface area contributed by atoms with Gasteiger partial charge in [0.15, 0.2) is 0 Å². The van der Waals surface area contributed by atoms with Gasteiger partial charge in [-0.3, -0.25) is 9.10 Å². The van der Waals surface area contributed by atoms with Crippen molar-refractivity contribution in [2.24, 2.45) is 0 Å². The summed E-state index contributed by atoms with van der Waals surface area (Å²) in [5.41, 5.74) is 0.588. The first kappa shape index (κ1) is 24.6. The molecular weight excluding hydrogens is 477 g/mol. The van der Waals surface area contributed by atoms with E-state index in [2.05, 4.69) is 5.32 Å². The molecule has 0 aliphatic rings. The summed E-state index contributed by atoms with van der Waals surface area (Å²) in [5.74, 6) is -0.853. The quantitative estimate of drug-likeness (QED) is 0.468. The molecule has 10 heteroatoms. The smallest absolute Gasteiger partial charge is 0.323 e. The summed E-state index contributed by atoms with van der Waals surface area (Å²) in [7, 11) is -4.16. The minimum atomic E-state index is -4.63. The molecule has 1 N–H and O–H groups in total. The number of carbonyl (C=O) groups is 1. The van der Waals surface area contributed by atoms with Crippen molar-refractivity contribution in [1.82, 2.24) is 0 Å². The highest BCUT2D eigenvalue weighted by Gasteiger charge is 2.32. The fraction of sp³-hybridized carbons (Fsp3) is 0.174. The van der Waals surface area contributed by atoms with E-state index < -0.39 is 34.2 Å². The van der Waals surface area contributed by atoms with Crippen LogP contribution in [0.3, 0.4) is 0 Å². The van der Waals surface area contributed by atoms with Gasteiger partial charge in [0, 0.05) is 0 Å². The molecule has 0 radical (unpaired) electrons. The van der Waals surface area contributed by atoms with Crippen LogP contribution in [0.2, 0.25) is 5.02 Å². The van der Waals surface area contributed by atoms with Gasteiger partial charge in [0.1, 0.15) is 6.54 Å². The third-order valence-electron chi connectivity index (χ3n) is 4.75. The first-order chi connectivity index (χ1) is 15.4. The number of sulfonamides is 1. The second kappa shape index (κ2) is 9.44. The standard InChI is InChI=1S/C23H20ClF3N2O3S/c1-15-6-9-19(10-7-15)33(31,32)29(18-5-3-4-16(2)12-18)14-22(30)28-21-13-17(23(25,26)27)8-11-20(21)24/h3-13H,14H2,1-2H3,(H,28,30). The van der Waals surface area contributed by atoms with E-state index in [1.807, 2.05) is 0 Å². The lowest BCUT2D eigenvalue weighted by Crippen LogP contribution is -2.38. The molecule has 0 aliphatic carbocycles. The Morgan fingerprint density at radius 3 is 2.24 bits per heavy atom. The topological polar surface area (TPSA) is 66.5 Å². The van der Waals surface area contributed by atoms with Crippen LogP contribution in [-0.2, 0) is 21.0 Å². The third-order valence-corrected chi connectivity index (χ3v) is 6.87. The molecule has 5 nitrogen and oxygen atoms in total. The SMILES string of the molecule is Cc1ccc(S(=O)(=O)N(CC(=O)Nc2cc(C(F)(F)F)ccc2Cl)c2cccc(C)c2)cc1. The number of halogens is 4. The Labute approximate surface area is 194 Å². The molecule has 0 fully saturated rings. The molecule has 0 heterocycles. The van der Waals surface area contributed by atoms with Gasteiger partial charge in [-0.1, -0.05) is 41.4 Å². The van der Waals surface area contributed by atoms with Crippen LogP contribution in [0.4, 0.5) is 24.5 Å². The van der Waals surface area contributed by atoms with Crippen LogP contribution in [0.5, 0.6) is 0 Å². The molecular formula is C23H20ClF3N2O3S. The van der Waals surface area contributed by atoms with E-state index in [9.17, 15) is 26.4 Å². The third kappa shape index (κ3) is 5.85. The Balaban J connectivity index is 1.96. The van der Waals surface area contributed by atoms with Crippen molar-refractivity contribution in [3.8, 4) is 0 Å². The van der Waals surface area contributed by atoms with Gasteiger partial charge in [0.05, 0.1) is 26.9 Å². The number of nitrogens with zero attached hydrogens (tertiary/aromatic N) is 1. The van der Waals surface area contributed by atoms with Gasteiger partial charge in [-0.05, 0) is 61.9 Å². The van der Waals surface area contributed by atoms with E-state index in [4.69, 9.17) is 11.6 Å². The number of rotatable bonds is 6. The number of aryl methyl sites for hydroxylation is 2. The highest BCUT2D eigenvalue weighted by Crippen LogP contribution is 2.34. The lowest BCUT2D eigenvalue weighted by molar-refractivity contribution is -0.137. The first-order valence-electron chi connectivity index (χ1n) is 9.70. The minimum Gasteiger partial charge on any atom is -0.323 e. The van der Waals surface area contributed by atoms with Crippen LogP contribution < -0.4 is 9.62 Å². The van der Waals surface area contributed by atoms with Gasteiger partial charge in [-0.15, -0.1) is 0 Å². The summed E-state index contributed by atoms with van der Waals surface area (Å²) in [4.78, 5) is 12.7. The van der Waals surface area contributed by atoms with E-state index in [0.717, 1.165) is 27.6 Å². The number of anilines is 2. The Bertz CT molecular complexity index is 1280. The van der Waals surface area contributed by atoms with Crippen LogP contribution in [-0.4, -0.2) is 20.9 Å². The summed E-state index contributed by atoms with van der Waals surface area (Å²) in [6.45, 7) is 2.90. The molecule has 0 aliphatic heterocycles. The van der Waals surface area contributed by atoms with Gasteiger partial charge < -0.3 is 5.32 Å². The van der Waals surface area contributed by atoms with Crippen molar-refractivity contribution >= 4 is 38.9 Å². The molecule has 1 amide bonds. The molecule has 33 heavy (non-hydrogen) atoms. The van der Waals surface area contributed by atoms with Crippen LogP contribution in [0.25, 0.3) is 0 Å². The number of hydrogen-bond donors (Lipinski definition) is 1. The van der Waals surface area contributed by atoms with Crippen molar-refractivity contribution in [2.45, 2.75) is 24.9 Å². The minimum absolute atomic E-state index is 0.0282. The van der Waals surface area contributed by atoms with E-state index in [-0.39, 0.29) is 21.3 Å². The molecule has 0 bridgehead atoms. The monoisotopic (exact) mass is 496 g/mol. The first-order valence-corrected chi connectivity index (χ1v) is 11.5. The van der Waals surface area contributed by atoms with Crippen LogP contribution >= 0.6 is 11.6 Å². The predicted molar refractivity (Wildman–Crippen MR) is 122 cm³/mol. The van der Waals surface area contributed by atoms with E-state index in [1.165, 1.54) is 18.2 Å². The maximum atomic E-state index is 13.4. The number of hydrogen-bond acceptors (Lipinski definition) is 3. The molecule has 0 saturated carbocycles. The van der Waals surface area contributed by atoms with Crippen molar-refractivity contribution < 1.29 is 26.4 Å². The normalized spacial score (nSPS) is 11.8. The van der Waals surface area contributed by atoms with E-state index in [1.54, 1.807) is 44.2 Å². The number of nitrogens with one attached hydrogen (secondary N) is 1. The lowest BCUT2D eigenvalue weighted by Gasteiger charge is -2.24. The molecule has 3 rings (SSSR count). The summed E-state index contributed by atoms with van der Waals surface area (Å²) in [6.07, 6.45) is -4.63. The predicted octanol–water partition coefficient (Wildman–Crippen LogP) is 5.81. The maximum absolute atomic E-state index is 13.4. The summed E-state index contributed by atoms with van der Waals surface area (Å²) < 4.78 is 66.7. The Morgan fingerprint density at radius 2 is 1.64 bits per heavy atom. The van der Waals surface area contributed by atoms with Crippen molar-refractivity contribution in [1.29, 1.82) is 0 Å². The Hall–Kier alpha value is -3.04. The molecule has 0 aromatic heterocycles. The summed E-state index contributed by atoms with van der Waals surface area (Å²) in [6, 6.07) is 15.1. The van der Waals surface area contributed by atoms with Gasteiger partial charge in [-0.2, -0.15) is 13.2 Å². The van der Waals surface area contributed by atoms with Crippen molar-refractivity contribution in [3.05, 3.63) is 88.4 Å². The van der Waals surface area contributed by atoms with Crippen molar-refractivity contribution in [2.75, 3.05) is 16.2 Å². The highest BCUT2D eigenvalue weighted by atomic mass is 35.5. The molecule has 174 valence electrons. The highest BCUT2D eigenvalue weighted by molar-refractivity contribution is 7.92. The molecule has 0 unspecified atom stereocenters. The van der Waals surface area contributed by atoms with Crippen LogP contribution in [0, 0.1) is 13.8 Å². The number of amides is 1. The Kier molecular flexibility index (Phi) is 7.04. The number of alkyl halides is 3. The molecule has 0 atom stereocenters. The average molecular weight is 497 g/mol. The molecule has 3 aromatic rings. The summed E-state index contributed by atoms with van der Waals surface area (Å²) >= 11 is 5.95. The molecule has 0 saturated heterocycles. The second-order valence-electron chi connectivity index (χ2n) is 7.40. The number of carbonyl (C=O) groups excluding carboxylic acids is 1. The zero-order valence-electron chi connectivity index (χ0n) is 17.7. The summed E-state index contributed by atoms with van der Waals surface area (Å²) in [5, 5.41) is 2.18.